The molecule has 5 rings (SSSR count). The van der Waals surface area contributed by atoms with Gasteiger partial charge in [-0.15, -0.1) is 0 Å². The van der Waals surface area contributed by atoms with Crippen LogP contribution in [0.1, 0.15) is 73.6 Å². The summed E-state index contributed by atoms with van der Waals surface area (Å²) in [6, 6.07) is 17.7. The molecule has 0 radical (unpaired) electrons. The van der Waals surface area contributed by atoms with Crippen LogP contribution in [0, 0.1) is 11.8 Å². The lowest BCUT2D eigenvalue weighted by atomic mass is 9.79. The smallest absolute Gasteiger partial charge is 0.123 e. The van der Waals surface area contributed by atoms with Gasteiger partial charge in [0.05, 0.1) is 0 Å². The first-order chi connectivity index (χ1) is 15.8. The zero-order valence-electron chi connectivity index (χ0n) is 19.1. The fourth-order valence-electron chi connectivity index (χ4n) is 6.05. The molecule has 2 aliphatic carbocycles. The third-order valence-corrected chi connectivity index (χ3v) is 7.92. The Labute approximate surface area is 193 Å². The minimum absolute atomic E-state index is 0.265. The summed E-state index contributed by atoms with van der Waals surface area (Å²) in [4.78, 5) is 14.4. The highest BCUT2D eigenvalue weighted by Crippen LogP contribution is 2.39. The van der Waals surface area contributed by atoms with Gasteiger partial charge in [-0.25, -0.2) is 0 Å². The highest BCUT2D eigenvalue weighted by molar-refractivity contribution is 5.94. The van der Waals surface area contributed by atoms with Crippen LogP contribution in [-0.4, -0.2) is 30.8 Å². The Morgan fingerprint density at radius 2 is 1.44 bits per heavy atom. The van der Waals surface area contributed by atoms with Gasteiger partial charge < -0.3 is 9.69 Å². The van der Waals surface area contributed by atoms with Crippen molar-refractivity contribution < 1.29 is 4.79 Å². The van der Waals surface area contributed by atoms with Crippen LogP contribution in [0.2, 0.25) is 0 Å². The van der Waals surface area contributed by atoms with Gasteiger partial charge in [0, 0.05) is 19.0 Å². The van der Waals surface area contributed by atoms with Crippen LogP contribution in [-0.2, 0) is 4.79 Å². The van der Waals surface area contributed by atoms with Gasteiger partial charge in [-0.2, -0.15) is 0 Å². The van der Waals surface area contributed by atoms with Gasteiger partial charge in [-0.1, -0.05) is 85.5 Å². The second-order valence-electron chi connectivity index (χ2n) is 9.81. The predicted octanol–water partition coefficient (Wildman–Crippen LogP) is 6.85. The minimum atomic E-state index is 0.265. The Bertz CT molecular complexity index is 949. The van der Waals surface area contributed by atoms with Crippen LogP contribution in [0.5, 0.6) is 0 Å². The maximum absolute atomic E-state index is 11.8. The molecule has 2 nitrogen and oxygen atoms in total. The molecule has 1 saturated heterocycles. The van der Waals surface area contributed by atoms with Crippen molar-refractivity contribution >= 4 is 24.0 Å². The van der Waals surface area contributed by atoms with E-state index in [9.17, 15) is 4.79 Å². The number of fused-ring (bicyclic) bond motifs is 2. The summed E-state index contributed by atoms with van der Waals surface area (Å²) in [7, 11) is 0. The number of nitrogens with zero attached hydrogens (tertiary/aromatic N) is 1. The molecule has 1 heterocycles. The average molecular weight is 426 g/mol. The van der Waals surface area contributed by atoms with E-state index in [2.05, 4.69) is 65.6 Å². The number of carbonyl (C=O) groups excluding carboxylic acids is 1. The summed E-state index contributed by atoms with van der Waals surface area (Å²) in [5, 5.41) is 0. The molecule has 0 bridgehead atoms. The van der Waals surface area contributed by atoms with Crippen LogP contribution in [0.4, 0.5) is 0 Å². The summed E-state index contributed by atoms with van der Waals surface area (Å²) >= 11 is 0. The molecule has 1 unspecified atom stereocenters. The van der Waals surface area contributed by atoms with E-state index in [4.69, 9.17) is 0 Å². The van der Waals surface area contributed by atoms with Crippen LogP contribution < -0.4 is 0 Å². The van der Waals surface area contributed by atoms with E-state index < -0.39 is 0 Å². The molecule has 0 spiro atoms. The Hall–Kier alpha value is -2.45. The minimum Gasteiger partial charge on any atom is -0.303 e. The quantitative estimate of drug-likeness (QED) is 0.417. The Morgan fingerprint density at radius 3 is 2.03 bits per heavy atom. The van der Waals surface area contributed by atoms with E-state index in [-0.39, 0.29) is 5.92 Å². The summed E-state index contributed by atoms with van der Waals surface area (Å²) in [6.07, 6.45) is 15.6. The fraction of sp³-hybridized carbons (Fsp3) is 0.433. The van der Waals surface area contributed by atoms with E-state index in [0.29, 0.717) is 5.92 Å². The average Bonchev–Trinajstić information content (AvgIpc) is 3.03. The first-order valence-electron chi connectivity index (χ1n) is 12.6. The molecule has 0 N–H and O–H groups in total. The second-order valence-corrected chi connectivity index (χ2v) is 9.81. The number of piperidine rings is 1. The molecule has 3 aliphatic rings. The normalized spacial score (nSPS) is 20.4. The van der Waals surface area contributed by atoms with Gasteiger partial charge in [0.2, 0.25) is 0 Å². The lowest BCUT2D eigenvalue weighted by Gasteiger charge is -2.33. The number of carbonyl (C=O) groups is 1. The van der Waals surface area contributed by atoms with Crippen molar-refractivity contribution in [1.29, 1.82) is 0 Å². The van der Waals surface area contributed by atoms with Crippen molar-refractivity contribution in [2.45, 2.75) is 51.4 Å². The first kappa shape index (κ1) is 21.4. The van der Waals surface area contributed by atoms with E-state index >= 15 is 0 Å². The molecule has 1 atom stereocenters. The molecule has 2 heteroatoms. The van der Waals surface area contributed by atoms with Gasteiger partial charge in [0.1, 0.15) is 6.29 Å². The summed E-state index contributed by atoms with van der Waals surface area (Å²) in [5.41, 5.74) is 8.41. The fourth-order valence-corrected chi connectivity index (χ4v) is 6.05. The summed E-state index contributed by atoms with van der Waals surface area (Å²) < 4.78 is 0. The van der Waals surface area contributed by atoms with Crippen molar-refractivity contribution in [2.24, 2.45) is 11.8 Å². The highest BCUT2D eigenvalue weighted by atomic mass is 16.1. The maximum atomic E-state index is 11.8. The third kappa shape index (κ3) is 4.52. The molecule has 2 aromatic carbocycles. The van der Waals surface area contributed by atoms with Crippen molar-refractivity contribution in [3.63, 3.8) is 0 Å². The van der Waals surface area contributed by atoms with E-state index in [1.807, 2.05) is 0 Å². The molecular formula is C30H35NO. The number of rotatable bonds is 5. The van der Waals surface area contributed by atoms with Gasteiger partial charge in [-0.3, -0.25) is 0 Å². The topological polar surface area (TPSA) is 20.3 Å². The van der Waals surface area contributed by atoms with Crippen LogP contribution in [0.15, 0.2) is 54.1 Å². The lowest BCUT2D eigenvalue weighted by molar-refractivity contribution is -0.113. The van der Waals surface area contributed by atoms with Crippen LogP contribution >= 0.6 is 0 Å². The Kier molecular flexibility index (Phi) is 6.69. The first-order valence-corrected chi connectivity index (χ1v) is 12.6. The van der Waals surface area contributed by atoms with Crippen LogP contribution in [0.25, 0.3) is 17.7 Å². The summed E-state index contributed by atoms with van der Waals surface area (Å²) in [5.74, 6) is 0.900. The SMILES string of the molecule is O=CC(CCN1CCC(=C2c3ccccc3C=Cc3ccccc32)CC1)C1CCCCC1. The van der Waals surface area contributed by atoms with Crippen molar-refractivity contribution in [2.75, 3.05) is 19.6 Å². The molecule has 0 aromatic heterocycles. The molecule has 166 valence electrons. The Morgan fingerprint density at radius 1 is 0.844 bits per heavy atom. The zero-order valence-corrected chi connectivity index (χ0v) is 19.1. The molecule has 2 fully saturated rings. The van der Waals surface area contributed by atoms with E-state index in [0.717, 1.165) is 38.9 Å². The summed E-state index contributed by atoms with van der Waals surface area (Å²) in [6.45, 7) is 3.27. The van der Waals surface area contributed by atoms with Gasteiger partial charge in [0.25, 0.3) is 0 Å². The molecule has 32 heavy (non-hydrogen) atoms. The van der Waals surface area contributed by atoms with Crippen molar-refractivity contribution in [3.8, 4) is 0 Å². The van der Waals surface area contributed by atoms with E-state index in [1.165, 1.54) is 66.2 Å². The monoisotopic (exact) mass is 425 g/mol. The number of aldehydes is 1. The molecular weight excluding hydrogens is 390 g/mol. The number of hydrogen-bond acceptors (Lipinski definition) is 2. The zero-order chi connectivity index (χ0) is 21.8. The lowest BCUT2D eigenvalue weighted by Crippen LogP contribution is -2.34. The van der Waals surface area contributed by atoms with Crippen molar-refractivity contribution in [3.05, 3.63) is 76.4 Å². The standard InChI is InChI=1S/C30H35NO/c32-22-27(23-8-2-1-3-9-23)18-21-31-19-16-26(17-20-31)30-28-12-6-4-10-24(28)14-15-25-11-5-7-13-29(25)30/h4-7,10-15,22-23,27H,1-3,8-9,16-21H2. The Balaban J connectivity index is 1.32. The predicted molar refractivity (Wildman–Crippen MR) is 134 cm³/mol. The van der Waals surface area contributed by atoms with E-state index in [1.54, 1.807) is 5.57 Å². The third-order valence-electron chi connectivity index (χ3n) is 7.92. The largest absolute Gasteiger partial charge is 0.303 e. The van der Waals surface area contributed by atoms with Gasteiger partial charge >= 0.3 is 0 Å². The highest BCUT2D eigenvalue weighted by Gasteiger charge is 2.26. The van der Waals surface area contributed by atoms with Gasteiger partial charge in [0.15, 0.2) is 0 Å². The molecule has 0 amide bonds. The number of benzene rings is 2. The second kappa shape index (κ2) is 10.0. The number of hydrogen-bond donors (Lipinski definition) is 0. The maximum Gasteiger partial charge on any atom is 0.123 e. The molecule has 2 aromatic rings. The number of likely N-dealkylation sites (tertiary alicyclic amines) is 1. The molecule has 1 saturated carbocycles. The van der Waals surface area contributed by atoms with Crippen molar-refractivity contribution in [1.82, 2.24) is 4.90 Å². The molecule has 1 aliphatic heterocycles. The van der Waals surface area contributed by atoms with Gasteiger partial charge in [-0.05, 0) is 72.4 Å². The van der Waals surface area contributed by atoms with Crippen LogP contribution in [0.3, 0.4) is 0 Å².